The van der Waals surface area contributed by atoms with Crippen molar-refractivity contribution < 1.29 is 14.3 Å². The molecule has 0 radical (unpaired) electrons. The Kier molecular flexibility index (Phi) is 8.71. The van der Waals surface area contributed by atoms with E-state index < -0.39 is 5.60 Å². The minimum Gasteiger partial charge on any atom is -0.444 e. The third-order valence-corrected chi connectivity index (χ3v) is 4.27. The van der Waals surface area contributed by atoms with Crippen LogP contribution in [0.1, 0.15) is 52.9 Å². The Labute approximate surface area is 173 Å². The maximum Gasteiger partial charge on any atom is 0.407 e. The van der Waals surface area contributed by atoms with Gasteiger partial charge in [0.2, 0.25) is 5.91 Å². The van der Waals surface area contributed by atoms with Crippen molar-refractivity contribution in [3.05, 3.63) is 54.6 Å². The molecule has 0 bridgehead atoms. The van der Waals surface area contributed by atoms with Gasteiger partial charge in [-0.1, -0.05) is 55.3 Å². The summed E-state index contributed by atoms with van der Waals surface area (Å²) >= 11 is 0. The van der Waals surface area contributed by atoms with E-state index in [0.29, 0.717) is 13.0 Å². The Morgan fingerprint density at radius 1 is 0.828 bits per heavy atom. The summed E-state index contributed by atoms with van der Waals surface area (Å²) in [6.45, 7) is 6.12. The maximum atomic E-state index is 12.1. The predicted molar refractivity (Wildman–Crippen MR) is 118 cm³/mol. The van der Waals surface area contributed by atoms with Crippen LogP contribution in [-0.2, 0) is 9.53 Å². The lowest BCUT2D eigenvalue weighted by Crippen LogP contribution is -2.32. The fourth-order valence-electron chi connectivity index (χ4n) is 2.87. The zero-order valence-electron chi connectivity index (χ0n) is 17.7. The molecule has 0 aliphatic heterocycles. The van der Waals surface area contributed by atoms with Crippen LogP contribution in [0.5, 0.6) is 0 Å². The fraction of sp³-hybridized carbons (Fsp3) is 0.417. The van der Waals surface area contributed by atoms with E-state index in [-0.39, 0.29) is 12.0 Å². The van der Waals surface area contributed by atoms with Gasteiger partial charge in [0, 0.05) is 18.7 Å². The maximum absolute atomic E-state index is 12.1. The van der Waals surface area contributed by atoms with Crippen LogP contribution in [0.15, 0.2) is 54.6 Å². The Balaban J connectivity index is 1.57. The fourth-order valence-corrected chi connectivity index (χ4v) is 2.87. The van der Waals surface area contributed by atoms with Crippen molar-refractivity contribution in [3.8, 4) is 11.1 Å². The topological polar surface area (TPSA) is 67.4 Å². The van der Waals surface area contributed by atoms with Crippen LogP contribution in [0.4, 0.5) is 10.5 Å². The number of anilines is 1. The largest absolute Gasteiger partial charge is 0.444 e. The van der Waals surface area contributed by atoms with Crippen molar-refractivity contribution in [2.45, 2.75) is 58.5 Å². The van der Waals surface area contributed by atoms with Crippen molar-refractivity contribution in [2.75, 3.05) is 11.9 Å². The molecule has 0 heterocycles. The molecule has 5 nitrogen and oxygen atoms in total. The van der Waals surface area contributed by atoms with Gasteiger partial charge in [0.1, 0.15) is 5.60 Å². The predicted octanol–water partition coefficient (Wildman–Crippen LogP) is 5.77. The molecule has 0 fully saturated rings. The van der Waals surface area contributed by atoms with Crippen LogP contribution in [0, 0.1) is 0 Å². The number of ether oxygens (including phenoxy) is 1. The molecule has 156 valence electrons. The summed E-state index contributed by atoms with van der Waals surface area (Å²) in [6, 6.07) is 18.1. The summed E-state index contributed by atoms with van der Waals surface area (Å²) in [4.78, 5) is 23.6. The van der Waals surface area contributed by atoms with E-state index in [1.807, 2.05) is 63.2 Å². The first-order chi connectivity index (χ1) is 13.8. The highest BCUT2D eigenvalue weighted by atomic mass is 16.6. The molecule has 2 N–H and O–H groups in total. The van der Waals surface area contributed by atoms with Crippen LogP contribution >= 0.6 is 0 Å². The molecule has 0 aromatic heterocycles. The van der Waals surface area contributed by atoms with Crippen LogP contribution in [0.3, 0.4) is 0 Å². The Morgan fingerprint density at radius 3 is 2.10 bits per heavy atom. The third kappa shape index (κ3) is 9.28. The lowest BCUT2D eigenvalue weighted by molar-refractivity contribution is -0.116. The van der Waals surface area contributed by atoms with Gasteiger partial charge in [-0.25, -0.2) is 4.79 Å². The van der Waals surface area contributed by atoms with Crippen LogP contribution in [0.25, 0.3) is 11.1 Å². The van der Waals surface area contributed by atoms with E-state index in [1.54, 1.807) is 0 Å². The molecular weight excluding hydrogens is 364 g/mol. The van der Waals surface area contributed by atoms with E-state index in [2.05, 4.69) is 22.8 Å². The standard InChI is InChI=1S/C24H32N2O3/c1-24(2,3)29-23(28)25-18-10-5-4-9-13-22(27)26-21-16-14-20(15-17-21)19-11-7-6-8-12-19/h6-8,11-12,14-17H,4-5,9-10,13,18H2,1-3H3,(H,25,28)(H,26,27). The van der Waals surface area contributed by atoms with Gasteiger partial charge in [0.15, 0.2) is 0 Å². The average Bonchev–Trinajstić information content (AvgIpc) is 2.67. The van der Waals surface area contributed by atoms with Crippen LogP contribution in [0.2, 0.25) is 0 Å². The van der Waals surface area contributed by atoms with Crippen molar-refractivity contribution >= 4 is 17.7 Å². The SMILES string of the molecule is CC(C)(C)OC(=O)NCCCCCCC(=O)Nc1ccc(-c2ccccc2)cc1. The number of unbranched alkanes of at least 4 members (excludes halogenated alkanes) is 3. The van der Waals surface area contributed by atoms with Crippen molar-refractivity contribution in [2.24, 2.45) is 0 Å². The molecule has 0 unspecified atom stereocenters. The molecular formula is C24H32N2O3. The quantitative estimate of drug-likeness (QED) is 0.529. The molecule has 2 amide bonds. The average molecular weight is 397 g/mol. The van der Waals surface area contributed by atoms with E-state index in [1.165, 1.54) is 0 Å². The van der Waals surface area contributed by atoms with E-state index in [4.69, 9.17) is 4.74 Å². The van der Waals surface area contributed by atoms with Crippen molar-refractivity contribution in [1.29, 1.82) is 0 Å². The molecule has 0 saturated heterocycles. The van der Waals surface area contributed by atoms with Gasteiger partial charge in [-0.3, -0.25) is 4.79 Å². The smallest absolute Gasteiger partial charge is 0.407 e. The van der Waals surface area contributed by atoms with Gasteiger partial charge in [-0.2, -0.15) is 0 Å². The van der Waals surface area contributed by atoms with Crippen molar-refractivity contribution in [1.82, 2.24) is 5.32 Å². The van der Waals surface area contributed by atoms with Gasteiger partial charge >= 0.3 is 6.09 Å². The molecule has 0 saturated carbocycles. The highest BCUT2D eigenvalue weighted by molar-refractivity contribution is 5.90. The molecule has 5 heteroatoms. The molecule has 29 heavy (non-hydrogen) atoms. The summed E-state index contributed by atoms with van der Waals surface area (Å²) in [5, 5.41) is 5.69. The van der Waals surface area contributed by atoms with E-state index in [9.17, 15) is 9.59 Å². The summed E-state index contributed by atoms with van der Waals surface area (Å²) in [6.07, 6.45) is 3.75. The second-order valence-electron chi connectivity index (χ2n) is 8.08. The van der Waals surface area contributed by atoms with Crippen LogP contribution in [-0.4, -0.2) is 24.1 Å². The van der Waals surface area contributed by atoms with Crippen molar-refractivity contribution in [3.63, 3.8) is 0 Å². The summed E-state index contributed by atoms with van der Waals surface area (Å²) in [5.41, 5.74) is 2.63. The Morgan fingerprint density at radius 2 is 1.45 bits per heavy atom. The molecule has 2 aromatic carbocycles. The minimum absolute atomic E-state index is 0.0318. The molecule has 2 aromatic rings. The normalized spacial score (nSPS) is 11.0. The number of benzene rings is 2. The number of hydrogen-bond acceptors (Lipinski definition) is 3. The second-order valence-corrected chi connectivity index (χ2v) is 8.08. The number of amides is 2. The number of rotatable bonds is 9. The highest BCUT2D eigenvalue weighted by Crippen LogP contribution is 2.21. The van der Waals surface area contributed by atoms with E-state index in [0.717, 1.165) is 42.5 Å². The molecule has 0 atom stereocenters. The number of carbonyl (C=O) groups excluding carboxylic acids is 2. The minimum atomic E-state index is -0.473. The zero-order valence-corrected chi connectivity index (χ0v) is 17.7. The van der Waals surface area contributed by atoms with Crippen LogP contribution < -0.4 is 10.6 Å². The number of nitrogens with one attached hydrogen (secondary N) is 2. The Hall–Kier alpha value is -2.82. The Bertz CT molecular complexity index is 765. The lowest BCUT2D eigenvalue weighted by atomic mass is 10.1. The first kappa shape index (κ1) is 22.5. The van der Waals surface area contributed by atoms with E-state index >= 15 is 0 Å². The molecule has 0 spiro atoms. The first-order valence-corrected chi connectivity index (χ1v) is 10.3. The zero-order chi connectivity index (χ0) is 21.1. The lowest BCUT2D eigenvalue weighted by Gasteiger charge is -2.19. The monoisotopic (exact) mass is 396 g/mol. The second kappa shape index (κ2) is 11.2. The van der Waals surface area contributed by atoms with Gasteiger partial charge in [-0.15, -0.1) is 0 Å². The van der Waals surface area contributed by atoms with Gasteiger partial charge < -0.3 is 15.4 Å². The first-order valence-electron chi connectivity index (χ1n) is 10.3. The number of carbonyl (C=O) groups is 2. The summed E-state index contributed by atoms with van der Waals surface area (Å²) in [5.74, 6) is 0.0318. The molecule has 2 rings (SSSR count). The summed E-state index contributed by atoms with van der Waals surface area (Å²) in [7, 11) is 0. The molecule has 0 aliphatic rings. The van der Waals surface area contributed by atoms with Gasteiger partial charge in [0.25, 0.3) is 0 Å². The molecule has 0 aliphatic carbocycles. The summed E-state index contributed by atoms with van der Waals surface area (Å²) < 4.78 is 5.18. The third-order valence-electron chi connectivity index (χ3n) is 4.27. The van der Waals surface area contributed by atoms with Gasteiger partial charge in [-0.05, 0) is 56.9 Å². The number of alkyl carbamates (subject to hydrolysis) is 1. The van der Waals surface area contributed by atoms with Gasteiger partial charge in [0.05, 0.1) is 0 Å². The number of hydrogen-bond donors (Lipinski definition) is 2. The highest BCUT2D eigenvalue weighted by Gasteiger charge is 2.15.